The highest BCUT2D eigenvalue weighted by Gasteiger charge is 2.26. The molecule has 0 radical (unpaired) electrons. The molecule has 6 nitrogen and oxygen atoms in total. The van der Waals surface area contributed by atoms with Crippen LogP contribution in [0.3, 0.4) is 0 Å². The van der Waals surface area contributed by atoms with Gasteiger partial charge in [-0.1, -0.05) is 30.5 Å². The Hall–Kier alpha value is -3.17. The number of terminal acetylenes is 1. The number of carbonyl (C=O) groups is 1. The van der Waals surface area contributed by atoms with Crippen LogP contribution in [0.15, 0.2) is 42.5 Å². The molecule has 1 saturated heterocycles. The number of hydrogen-bond acceptors (Lipinski definition) is 6. The quantitative estimate of drug-likeness (QED) is 0.446. The largest absolute Gasteiger partial charge is 0.493 e. The number of esters is 1. The zero-order valence-electron chi connectivity index (χ0n) is 18.8. The number of hydrogen-bond donors (Lipinski definition) is 1. The van der Waals surface area contributed by atoms with Crippen molar-refractivity contribution in [1.29, 1.82) is 0 Å². The second-order valence-electron chi connectivity index (χ2n) is 7.72. The van der Waals surface area contributed by atoms with Crippen molar-refractivity contribution in [2.24, 2.45) is 0 Å². The summed E-state index contributed by atoms with van der Waals surface area (Å²) in [5.41, 5.74) is 1.95. The molecule has 3 rings (SSSR count). The lowest BCUT2D eigenvalue weighted by Crippen LogP contribution is -2.41. The molecule has 2 aromatic rings. The molecule has 170 valence electrons. The molecule has 2 aromatic carbocycles. The first-order chi connectivity index (χ1) is 15.6. The molecule has 2 atom stereocenters. The van der Waals surface area contributed by atoms with E-state index >= 15 is 0 Å². The van der Waals surface area contributed by atoms with Gasteiger partial charge in [-0.2, -0.15) is 0 Å². The number of rotatable bonds is 10. The normalized spacial score (nSPS) is 16.5. The van der Waals surface area contributed by atoms with Gasteiger partial charge in [0.2, 0.25) is 0 Å². The number of carbonyl (C=O) groups excluding carboxylic acids is 1. The summed E-state index contributed by atoms with van der Waals surface area (Å²) in [6, 6.07) is 13.1. The molecule has 1 fully saturated rings. The van der Waals surface area contributed by atoms with Gasteiger partial charge in [-0.05, 0) is 67.6 Å². The van der Waals surface area contributed by atoms with Crippen LogP contribution in [-0.2, 0) is 16.0 Å². The van der Waals surface area contributed by atoms with Gasteiger partial charge in [0.05, 0.1) is 14.2 Å². The highest BCUT2D eigenvalue weighted by atomic mass is 16.5. The number of nitrogens with one attached hydrogen (secondary N) is 1. The molecule has 1 N–H and O–H groups in total. The first-order valence-electron chi connectivity index (χ1n) is 11.0. The number of piperidine rings is 1. The molecule has 6 heteroatoms. The fraction of sp³-hybridized carbons (Fsp3) is 0.423. The Kier molecular flexibility index (Phi) is 8.82. The van der Waals surface area contributed by atoms with Crippen molar-refractivity contribution >= 4 is 5.97 Å². The topological polar surface area (TPSA) is 66.0 Å². The fourth-order valence-electron chi connectivity index (χ4n) is 3.83. The number of benzene rings is 2. The van der Waals surface area contributed by atoms with Crippen molar-refractivity contribution in [3.05, 3.63) is 53.6 Å². The van der Waals surface area contributed by atoms with Gasteiger partial charge in [-0.15, -0.1) is 6.42 Å². The Balaban J connectivity index is 1.77. The summed E-state index contributed by atoms with van der Waals surface area (Å²) >= 11 is 0. The first kappa shape index (κ1) is 23.5. The van der Waals surface area contributed by atoms with E-state index < -0.39 is 6.10 Å². The lowest BCUT2D eigenvalue weighted by Gasteiger charge is -2.25. The molecule has 1 aliphatic rings. The third kappa shape index (κ3) is 6.41. The Morgan fingerprint density at radius 1 is 1.16 bits per heavy atom. The number of methoxy groups -OCH3 is 2. The van der Waals surface area contributed by atoms with Crippen molar-refractivity contribution in [3.8, 4) is 29.6 Å². The average molecular weight is 438 g/mol. The molecule has 0 spiro atoms. The van der Waals surface area contributed by atoms with Crippen LogP contribution in [0.25, 0.3) is 0 Å². The van der Waals surface area contributed by atoms with E-state index in [-0.39, 0.29) is 18.6 Å². The highest BCUT2D eigenvalue weighted by Crippen LogP contribution is 2.31. The Morgan fingerprint density at radius 2 is 2.00 bits per heavy atom. The summed E-state index contributed by atoms with van der Waals surface area (Å²) in [5, 5.41) is 3.26. The van der Waals surface area contributed by atoms with Gasteiger partial charge in [0.15, 0.2) is 11.5 Å². The summed E-state index contributed by atoms with van der Waals surface area (Å²) in [6.07, 6.45) is 9.13. The van der Waals surface area contributed by atoms with Crippen LogP contribution in [-0.4, -0.2) is 39.4 Å². The molecule has 0 aliphatic carbocycles. The second kappa shape index (κ2) is 12.0. The van der Waals surface area contributed by atoms with E-state index in [1.54, 1.807) is 14.2 Å². The highest BCUT2D eigenvalue weighted by molar-refractivity contribution is 5.76. The van der Waals surface area contributed by atoms with Gasteiger partial charge in [0.1, 0.15) is 24.5 Å². The molecule has 0 bridgehead atoms. The molecule has 32 heavy (non-hydrogen) atoms. The van der Waals surface area contributed by atoms with E-state index in [2.05, 4.69) is 11.2 Å². The summed E-state index contributed by atoms with van der Waals surface area (Å²) in [7, 11) is 3.23. The molecule has 1 unspecified atom stereocenters. The molecular weight excluding hydrogens is 406 g/mol. The molecule has 0 amide bonds. The van der Waals surface area contributed by atoms with Crippen molar-refractivity contribution in [2.45, 2.75) is 44.2 Å². The molecule has 1 aliphatic heterocycles. The zero-order chi connectivity index (χ0) is 22.8. The van der Waals surface area contributed by atoms with Crippen molar-refractivity contribution in [2.75, 3.05) is 27.4 Å². The fourth-order valence-corrected chi connectivity index (χ4v) is 3.83. The van der Waals surface area contributed by atoms with Gasteiger partial charge in [0.25, 0.3) is 0 Å². The third-order valence-corrected chi connectivity index (χ3v) is 5.55. The van der Waals surface area contributed by atoms with E-state index in [0.29, 0.717) is 30.1 Å². The smallest absolute Gasteiger partial charge is 0.323 e. The SMILES string of the molecule is C#CCOc1cccc(C(CCc2ccc(OC)c(OC)c2)OC(=O)[C@@H]2CCCCN2)c1. The van der Waals surface area contributed by atoms with Crippen LogP contribution < -0.4 is 19.5 Å². The summed E-state index contributed by atoms with van der Waals surface area (Å²) in [4.78, 5) is 12.9. The standard InChI is InChI=1S/C26H31NO5/c1-4-16-31-21-9-7-8-20(18-21)23(32-26(28)22-10-5-6-15-27-22)13-11-19-12-14-24(29-2)25(17-19)30-3/h1,7-9,12,14,17-18,22-23,27H,5-6,10-11,13,15-16H2,2-3H3/t22-,23?/m0/s1. The predicted molar refractivity (Wildman–Crippen MR) is 123 cm³/mol. The molecule has 0 aromatic heterocycles. The van der Waals surface area contributed by atoms with Crippen LogP contribution >= 0.6 is 0 Å². The monoisotopic (exact) mass is 437 g/mol. The average Bonchev–Trinajstić information content (AvgIpc) is 2.85. The van der Waals surface area contributed by atoms with E-state index in [9.17, 15) is 4.79 Å². The van der Waals surface area contributed by atoms with Crippen molar-refractivity contribution in [1.82, 2.24) is 5.32 Å². The minimum absolute atomic E-state index is 0.186. The Bertz CT molecular complexity index is 930. The number of aryl methyl sites for hydroxylation is 1. The lowest BCUT2D eigenvalue weighted by molar-refractivity contribution is -0.153. The van der Waals surface area contributed by atoms with Gasteiger partial charge < -0.3 is 24.3 Å². The maximum atomic E-state index is 12.9. The van der Waals surface area contributed by atoms with Crippen LogP contribution in [0.4, 0.5) is 0 Å². The van der Waals surface area contributed by atoms with Crippen LogP contribution in [0.2, 0.25) is 0 Å². The van der Waals surface area contributed by atoms with Crippen LogP contribution in [0.5, 0.6) is 17.2 Å². The minimum Gasteiger partial charge on any atom is -0.493 e. The van der Waals surface area contributed by atoms with Crippen LogP contribution in [0, 0.1) is 12.3 Å². The Labute approximate surface area is 190 Å². The van der Waals surface area contributed by atoms with Crippen molar-refractivity contribution < 1.29 is 23.7 Å². The van der Waals surface area contributed by atoms with Crippen LogP contribution in [0.1, 0.15) is 42.9 Å². The Morgan fingerprint density at radius 3 is 2.72 bits per heavy atom. The van der Waals surface area contributed by atoms with Gasteiger partial charge in [-0.3, -0.25) is 4.79 Å². The van der Waals surface area contributed by atoms with Gasteiger partial charge in [0, 0.05) is 0 Å². The minimum atomic E-state index is -0.409. The first-order valence-corrected chi connectivity index (χ1v) is 11.0. The number of ether oxygens (including phenoxy) is 4. The van der Waals surface area contributed by atoms with Crippen molar-refractivity contribution in [3.63, 3.8) is 0 Å². The summed E-state index contributed by atoms with van der Waals surface area (Å²) in [6.45, 7) is 1.02. The third-order valence-electron chi connectivity index (χ3n) is 5.55. The predicted octanol–water partition coefficient (Wildman–Crippen LogP) is 4.08. The molecular formula is C26H31NO5. The van der Waals surface area contributed by atoms with E-state index in [1.807, 2.05) is 42.5 Å². The van der Waals surface area contributed by atoms with E-state index in [0.717, 1.165) is 36.9 Å². The maximum absolute atomic E-state index is 12.9. The summed E-state index contributed by atoms with van der Waals surface area (Å²) in [5.74, 6) is 4.27. The molecule has 1 heterocycles. The van der Waals surface area contributed by atoms with E-state index in [4.69, 9.17) is 25.4 Å². The molecule has 0 saturated carbocycles. The maximum Gasteiger partial charge on any atom is 0.323 e. The summed E-state index contributed by atoms with van der Waals surface area (Å²) < 4.78 is 22.3. The second-order valence-corrected chi connectivity index (χ2v) is 7.72. The van der Waals surface area contributed by atoms with Gasteiger partial charge in [-0.25, -0.2) is 0 Å². The van der Waals surface area contributed by atoms with Gasteiger partial charge >= 0.3 is 5.97 Å². The zero-order valence-corrected chi connectivity index (χ0v) is 18.8. The lowest BCUT2D eigenvalue weighted by atomic mass is 10.00. The van der Waals surface area contributed by atoms with E-state index in [1.165, 1.54) is 0 Å².